The van der Waals surface area contributed by atoms with E-state index in [2.05, 4.69) is 179 Å². The van der Waals surface area contributed by atoms with E-state index >= 15 is 0 Å². The van der Waals surface area contributed by atoms with Crippen LogP contribution in [0.5, 0.6) is 11.5 Å². The fraction of sp³-hybridized carbons (Fsp3) is 0. The molecule has 0 atom stereocenters. The number of hydrogen-bond acceptors (Lipinski definition) is 5. The van der Waals surface area contributed by atoms with Crippen molar-refractivity contribution in [2.24, 2.45) is 0 Å². The zero-order valence-electron chi connectivity index (χ0n) is 34.0. The maximum atomic E-state index is 6.52. The number of benzene rings is 9. The molecule has 0 fully saturated rings. The van der Waals surface area contributed by atoms with Crippen molar-refractivity contribution in [1.82, 2.24) is 19.5 Å². The molecule has 0 aliphatic carbocycles. The van der Waals surface area contributed by atoms with E-state index in [0.717, 1.165) is 94.9 Å². The summed E-state index contributed by atoms with van der Waals surface area (Å²) in [6.45, 7) is 0. The monoisotopic (exact) mass is 807 g/mol. The lowest BCUT2D eigenvalue weighted by molar-refractivity contribution is 0.477. The number of rotatable bonds is 7. The van der Waals surface area contributed by atoms with Crippen LogP contribution in [0.25, 0.3) is 83.9 Å². The van der Waals surface area contributed by atoms with Gasteiger partial charge in [-0.15, -0.1) is 0 Å². The predicted octanol–water partition coefficient (Wildman–Crippen LogP) is 14.9. The van der Waals surface area contributed by atoms with Crippen LogP contribution in [0.15, 0.2) is 224 Å². The van der Waals surface area contributed by atoms with E-state index in [1.165, 1.54) is 0 Å². The van der Waals surface area contributed by atoms with Crippen molar-refractivity contribution in [3.05, 3.63) is 224 Å². The van der Waals surface area contributed by atoms with Crippen molar-refractivity contribution in [2.45, 2.75) is 0 Å². The third-order valence-corrected chi connectivity index (χ3v) is 11.9. The number of aromatic nitrogens is 4. The number of nitrogens with zero attached hydrogens (tertiary/aromatic N) is 5. The molecule has 11 aromatic rings. The Morgan fingerprint density at radius 1 is 0.317 bits per heavy atom. The van der Waals surface area contributed by atoms with Gasteiger partial charge in [-0.1, -0.05) is 170 Å². The first-order valence-corrected chi connectivity index (χ1v) is 21.1. The van der Waals surface area contributed by atoms with E-state index in [9.17, 15) is 0 Å². The second kappa shape index (κ2) is 15.1. The topological polar surface area (TPSA) is 56.1 Å². The molecular weight excluding hydrogens is 771 g/mol. The molecule has 6 nitrogen and oxygen atoms in total. The first-order chi connectivity index (χ1) is 31.2. The fourth-order valence-corrected chi connectivity index (χ4v) is 8.77. The first kappa shape index (κ1) is 36.3. The van der Waals surface area contributed by atoms with Gasteiger partial charge >= 0.3 is 0 Å². The highest BCUT2D eigenvalue weighted by atomic mass is 16.5. The molecule has 0 amide bonds. The number of anilines is 3. The summed E-state index contributed by atoms with van der Waals surface area (Å²) in [4.78, 5) is 17.6. The average Bonchev–Trinajstić information content (AvgIpc) is 3.70. The maximum Gasteiger partial charge on any atom is 0.238 e. The molecule has 0 saturated heterocycles. The van der Waals surface area contributed by atoms with Gasteiger partial charge in [0, 0.05) is 27.6 Å². The molecule has 9 aromatic carbocycles. The molecule has 296 valence electrons. The normalized spacial score (nSPS) is 11.9. The van der Waals surface area contributed by atoms with Crippen LogP contribution >= 0.6 is 0 Å². The van der Waals surface area contributed by atoms with E-state index < -0.39 is 0 Å². The Hall–Kier alpha value is -8.61. The highest BCUT2D eigenvalue weighted by Crippen LogP contribution is 2.51. The fourth-order valence-electron chi connectivity index (χ4n) is 8.77. The van der Waals surface area contributed by atoms with Gasteiger partial charge in [-0.2, -0.15) is 9.97 Å². The van der Waals surface area contributed by atoms with Gasteiger partial charge < -0.3 is 9.64 Å². The highest BCUT2D eigenvalue weighted by molar-refractivity contribution is 6.10. The molecule has 12 rings (SSSR count). The standard InChI is InChI=1S/C57H37N5O/c1-4-14-38(15-5-1)39-28-30-43(31-29-39)56-58-55(42-16-6-2-7-17-42)59-57(60-56)62-49-21-11-10-20-47(49)48-36-44(32-34-50(48)62)40-24-26-41(27-25-40)45-33-35-52-54(37-45)63-53-23-13-12-22-51(53)61(52)46-18-8-3-9-19-46/h1-37H. The maximum absolute atomic E-state index is 6.52. The Kier molecular flexibility index (Phi) is 8.71. The molecule has 0 spiro atoms. The van der Waals surface area contributed by atoms with Crippen LogP contribution in [0.1, 0.15) is 0 Å². The summed E-state index contributed by atoms with van der Waals surface area (Å²) in [6.07, 6.45) is 0. The van der Waals surface area contributed by atoms with Crippen molar-refractivity contribution in [1.29, 1.82) is 0 Å². The third kappa shape index (κ3) is 6.49. The molecule has 0 unspecified atom stereocenters. The smallest absolute Gasteiger partial charge is 0.238 e. The van der Waals surface area contributed by atoms with E-state index in [1.807, 2.05) is 54.6 Å². The highest BCUT2D eigenvalue weighted by Gasteiger charge is 2.26. The molecule has 2 aromatic heterocycles. The van der Waals surface area contributed by atoms with Gasteiger partial charge in [-0.25, -0.2) is 4.98 Å². The molecule has 6 heteroatoms. The van der Waals surface area contributed by atoms with Crippen molar-refractivity contribution in [3.63, 3.8) is 0 Å². The Balaban J connectivity index is 0.910. The lowest BCUT2D eigenvalue weighted by Gasteiger charge is -2.33. The summed E-state index contributed by atoms with van der Waals surface area (Å²) >= 11 is 0. The average molecular weight is 808 g/mol. The van der Waals surface area contributed by atoms with Crippen LogP contribution in [0.4, 0.5) is 17.1 Å². The Morgan fingerprint density at radius 2 is 0.794 bits per heavy atom. The molecule has 3 heterocycles. The molecule has 63 heavy (non-hydrogen) atoms. The summed E-state index contributed by atoms with van der Waals surface area (Å²) in [7, 11) is 0. The van der Waals surface area contributed by atoms with Gasteiger partial charge in [-0.3, -0.25) is 4.57 Å². The Bertz CT molecular complexity index is 3460. The van der Waals surface area contributed by atoms with Gasteiger partial charge in [-0.05, 0) is 88.0 Å². The first-order valence-electron chi connectivity index (χ1n) is 21.1. The molecular formula is C57H37N5O. The van der Waals surface area contributed by atoms with E-state index in [0.29, 0.717) is 17.6 Å². The van der Waals surface area contributed by atoms with Gasteiger partial charge in [0.15, 0.2) is 23.1 Å². The number of ether oxygens (including phenoxy) is 1. The summed E-state index contributed by atoms with van der Waals surface area (Å²) in [6, 6.07) is 78.0. The largest absolute Gasteiger partial charge is 0.453 e. The lowest BCUT2D eigenvalue weighted by atomic mass is 9.98. The van der Waals surface area contributed by atoms with Crippen LogP contribution in [0, 0.1) is 0 Å². The van der Waals surface area contributed by atoms with E-state index in [1.54, 1.807) is 0 Å². The minimum absolute atomic E-state index is 0.568. The number of fused-ring (bicyclic) bond motifs is 5. The van der Waals surface area contributed by atoms with Gasteiger partial charge in [0.2, 0.25) is 5.95 Å². The van der Waals surface area contributed by atoms with Gasteiger partial charge in [0.25, 0.3) is 0 Å². The molecule has 0 radical (unpaired) electrons. The summed E-state index contributed by atoms with van der Waals surface area (Å²) in [5.41, 5.74) is 13.8. The quantitative estimate of drug-likeness (QED) is 0.161. The van der Waals surface area contributed by atoms with Crippen molar-refractivity contribution in [3.8, 4) is 73.6 Å². The van der Waals surface area contributed by atoms with E-state index in [-0.39, 0.29) is 0 Å². The SMILES string of the molecule is c1ccc(-c2ccc(-c3nc(-c4ccccc4)nc(-n4c5ccccc5c5cc(-c6ccc(-c7ccc8c(c7)Oc7ccccc7N8c7ccccc7)cc6)ccc54)n3)cc2)cc1. The molecule has 0 N–H and O–H groups in total. The van der Waals surface area contributed by atoms with Gasteiger partial charge in [0.05, 0.1) is 22.4 Å². The number of para-hydroxylation sites is 4. The zero-order valence-corrected chi connectivity index (χ0v) is 34.0. The second-order valence-electron chi connectivity index (χ2n) is 15.7. The molecule has 1 aliphatic rings. The molecule has 0 saturated carbocycles. The number of hydrogen-bond donors (Lipinski definition) is 0. The lowest BCUT2D eigenvalue weighted by Crippen LogP contribution is -2.15. The van der Waals surface area contributed by atoms with Crippen molar-refractivity contribution >= 4 is 38.9 Å². The van der Waals surface area contributed by atoms with Crippen LogP contribution in [0.3, 0.4) is 0 Å². The molecule has 0 bridgehead atoms. The second-order valence-corrected chi connectivity index (χ2v) is 15.7. The van der Waals surface area contributed by atoms with Crippen molar-refractivity contribution in [2.75, 3.05) is 4.90 Å². The zero-order chi connectivity index (χ0) is 41.7. The van der Waals surface area contributed by atoms with Gasteiger partial charge in [0.1, 0.15) is 0 Å². The van der Waals surface area contributed by atoms with Crippen LogP contribution in [0.2, 0.25) is 0 Å². The van der Waals surface area contributed by atoms with Crippen molar-refractivity contribution < 1.29 is 4.74 Å². The van der Waals surface area contributed by atoms with Crippen LogP contribution < -0.4 is 9.64 Å². The minimum atomic E-state index is 0.568. The summed E-state index contributed by atoms with van der Waals surface area (Å²) in [5.74, 6) is 3.46. The summed E-state index contributed by atoms with van der Waals surface area (Å²) < 4.78 is 8.69. The molecule has 1 aliphatic heterocycles. The van der Waals surface area contributed by atoms with Crippen LogP contribution in [-0.2, 0) is 0 Å². The van der Waals surface area contributed by atoms with Crippen LogP contribution in [-0.4, -0.2) is 19.5 Å². The Morgan fingerprint density at radius 3 is 1.51 bits per heavy atom. The van der Waals surface area contributed by atoms with E-state index in [4.69, 9.17) is 19.7 Å². The minimum Gasteiger partial charge on any atom is -0.453 e. The summed E-state index contributed by atoms with van der Waals surface area (Å²) in [5, 5.41) is 2.25. The predicted molar refractivity (Wildman–Crippen MR) is 256 cm³/mol. The Labute approximate surface area is 364 Å². The third-order valence-electron chi connectivity index (χ3n) is 11.9.